The first-order valence-corrected chi connectivity index (χ1v) is 13.3. The van der Waals surface area contributed by atoms with Gasteiger partial charge >= 0.3 is 0 Å². The van der Waals surface area contributed by atoms with Gasteiger partial charge in [0.1, 0.15) is 35.8 Å². The minimum Gasteiger partial charge on any atom is -0.492 e. The first kappa shape index (κ1) is 32.0. The number of amides is 1. The maximum absolute atomic E-state index is 12.5. The summed E-state index contributed by atoms with van der Waals surface area (Å²) in [5.41, 5.74) is 16.9. The molecule has 0 radical (unpaired) electrons. The summed E-state index contributed by atoms with van der Waals surface area (Å²) in [5.74, 6) is -0.900. The molecule has 12 atom stereocenters. The smallest absolute Gasteiger partial charge is 0.250 e. The Labute approximate surface area is 228 Å². The molecular weight excluding hydrogens is 516 g/mol. The summed E-state index contributed by atoms with van der Waals surface area (Å²) >= 11 is 0. The first-order valence-electron chi connectivity index (χ1n) is 13.3. The third-order valence-electron chi connectivity index (χ3n) is 7.73. The molecular formula is C24H46N6O9. The van der Waals surface area contributed by atoms with Gasteiger partial charge < -0.3 is 72.9 Å². The lowest BCUT2D eigenvalue weighted by molar-refractivity contribution is -0.297. The van der Waals surface area contributed by atoms with Crippen LogP contribution in [-0.2, 0) is 19.0 Å². The standard InChI is InChI=1S/C24H46N6O9/c1-24(36)10-37-23(18(34)21(24)28-2)39-20-14(30-22(35)15(32)8-25)7-13(27)16(17(20)33)19-12(26)4-3-11(38-19)9-29-5-6-31/h3,12-21,23,28-29,31-34,36H,4-10,25-27H2,1-2H3,(H,30,35)/t12-,13+,14-,15+,16-,17+,18-,19?,20+,21-,23-,24+/m1/s1. The highest BCUT2D eigenvalue weighted by atomic mass is 16.7. The first-order chi connectivity index (χ1) is 18.4. The molecule has 226 valence electrons. The van der Waals surface area contributed by atoms with Crippen LogP contribution in [0.3, 0.4) is 0 Å². The number of hydrogen-bond acceptors (Lipinski definition) is 14. The van der Waals surface area contributed by atoms with Gasteiger partial charge in [0.25, 0.3) is 0 Å². The van der Waals surface area contributed by atoms with E-state index in [0.29, 0.717) is 25.3 Å². The predicted molar refractivity (Wildman–Crippen MR) is 139 cm³/mol. The van der Waals surface area contributed by atoms with Crippen molar-refractivity contribution < 1.29 is 44.5 Å². The topological polar surface area (TPSA) is 260 Å². The number of nitrogens with two attached hydrogens (primary N) is 3. The number of nitrogens with one attached hydrogen (secondary N) is 3. The van der Waals surface area contributed by atoms with E-state index in [1.807, 2.05) is 6.08 Å². The van der Waals surface area contributed by atoms with E-state index in [9.17, 15) is 25.2 Å². The molecule has 3 rings (SSSR count). The Kier molecular flexibility index (Phi) is 11.5. The van der Waals surface area contributed by atoms with Crippen LogP contribution in [0.15, 0.2) is 11.8 Å². The highest BCUT2D eigenvalue weighted by Gasteiger charge is 2.53. The minimum atomic E-state index is -1.48. The van der Waals surface area contributed by atoms with Gasteiger partial charge in [-0.25, -0.2) is 0 Å². The Bertz CT molecular complexity index is 836. The number of carbonyl (C=O) groups is 1. The SMILES string of the molecule is CN[C@@H]1[C@@H](O)[C@@H](O[C@@H]2[C@@H](O)[C@H](C3OC(CNCCO)=CC[C@H]3N)[C@@H](N)C[C@H]2NC(=O)[C@@H](O)CN)OC[C@]1(C)O. The Morgan fingerprint density at radius 1 is 1.28 bits per heavy atom. The molecule has 0 bridgehead atoms. The average molecular weight is 563 g/mol. The van der Waals surface area contributed by atoms with E-state index in [-0.39, 0.29) is 26.2 Å². The van der Waals surface area contributed by atoms with E-state index in [1.54, 1.807) is 7.05 Å². The Morgan fingerprint density at radius 2 is 2.00 bits per heavy atom. The summed E-state index contributed by atoms with van der Waals surface area (Å²) in [4.78, 5) is 12.5. The van der Waals surface area contributed by atoms with Crippen LogP contribution in [0.1, 0.15) is 19.8 Å². The molecule has 0 aromatic heterocycles. The molecule has 1 saturated heterocycles. The number of aliphatic hydroxyl groups is 5. The van der Waals surface area contributed by atoms with E-state index in [4.69, 9.17) is 36.5 Å². The third-order valence-corrected chi connectivity index (χ3v) is 7.73. The molecule has 2 fully saturated rings. The molecule has 39 heavy (non-hydrogen) atoms. The Hall–Kier alpha value is -1.47. The zero-order valence-electron chi connectivity index (χ0n) is 22.5. The second-order valence-corrected chi connectivity index (χ2v) is 10.8. The zero-order valence-corrected chi connectivity index (χ0v) is 22.5. The molecule has 0 spiro atoms. The molecule has 1 unspecified atom stereocenters. The Balaban J connectivity index is 1.85. The van der Waals surface area contributed by atoms with Gasteiger partial charge in [-0.1, -0.05) is 0 Å². The predicted octanol–water partition coefficient (Wildman–Crippen LogP) is -5.48. The molecule has 0 aromatic carbocycles. The molecule has 2 heterocycles. The fourth-order valence-corrected chi connectivity index (χ4v) is 5.64. The molecule has 1 aliphatic carbocycles. The van der Waals surface area contributed by atoms with Crippen LogP contribution in [0, 0.1) is 5.92 Å². The third kappa shape index (κ3) is 7.44. The molecule has 1 saturated carbocycles. The second kappa shape index (κ2) is 13.9. The summed E-state index contributed by atoms with van der Waals surface area (Å²) in [6.45, 7) is 1.73. The maximum Gasteiger partial charge on any atom is 0.250 e. The number of aliphatic hydroxyl groups excluding tert-OH is 4. The van der Waals surface area contributed by atoms with Crippen molar-refractivity contribution in [3.05, 3.63) is 11.8 Å². The number of hydrogen-bond donors (Lipinski definition) is 11. The van der Waals surface area contributed by atoms with Crippen LogP contribution < -0.4 is 33.2 Å². The molecule has 15 heteroatoms. The van der Waals surface area contributed by atoms with Crippen molar-refractivity contribution >= 4 is 5.91 Å². The minimum absolute atomic E-state index is 0.0354. The number of carbonyl (C=O) groups excluding carboxylic acids is 1. The van der Waals surface area contributed by atoms with Crippen molar-refractivity contribution in [2.75, 3.05) is 39.9 Å². The molecule has 2 aliphatic heterocycles. The van der Waals surface area contributed by atoms with Crippen molar-refractivity contribution in [1.29, 1.82) is 0 Å². The van der Waals surface area contributed by atoms with Crippen LogP contribution in [-0.4, -0.2) is 138 Å². The summed E-state index contributed by atoms with van der Waals surface area (Å²) in [6.07, 6.45) is -4.83. The van der Waals surface area contributed by atoms with Crippen LogP contribution in [0.25, 0.3) is 0 Å². The van der Waals surface area contributed by atoms with E-state index in [1.165, 1.54) is 6.92 Å². The van der Waals surface area contributed by atoms with Crippen LogP contribution in [0.2, 0.25) is 0 Å². The van der Waals surface area contributed by atoms with Gasteiger partial charge in [0.05, 0.1) is 37.9 Å². The van der Waals surface area contributed by atoms with Gasteiger partial charge in [-0.2, -0.15) is 0 Å². The van der Waals surface area contributed by atoms with Crippen molar-refractivity contribution in [3.8, 4) is 0 Å². The molecule has 15 nitrogen and oxygen atoms in total. The summed E-state index contributed by atoms with van der Waals surface area (Å²) in [6, 6.07) is -2.88. The molecule has 1 amide bonds. The van der Waals surface area contributed by atoms with Gasteiger partial charge in [-0.3, -0.25) is 4.79 Å². The lowest BCUT2D eigenvalue weighted by Gasteiger charge is -2.50. The van der Waals surface area contributed by atoms with Crippen molar-refractivity contribution in [2.24, 2.45) is 23.1 Å². The lowest BCUT2D eigenvalue weighted by atomic mass is 9.72. The maximum atomic E-state index is 12.5. The van der Waals surface area contributed by atoms with Crippen molar-refractivity contribution in [3.63, 3.8) is 0 Å². The quantitative estimate of drug-likeness (QED) is 0.105. The van der Waals surface area contributed by atoms with Gasteiger partial charge in [-0.15, -0.1) is 0 Å². The van der Waals surface area contributed by atoms with Crippen molar-refractivity contribution in [2.45, 2.75) is 86.3 Å². The van der Waals surface area contributed by atoms with Gasteiger partial charge in [-0.05, 0) is 32.9 Å². The summed E-state index contributed by atoms with van der Waals surface area (Å²) in [7, 11) is 1.58. The number of rotatable bonds is 11. The van der Waals surface area contributed by atoms with Gasteiger partial charge in [0.2, 0.25) is 5.91 Å². The average Bonchev–Trinajstić information content (AvgIpc) is 2.88. The molecule has 3 aliphatic rings. The van der Waals surface area contributed by atoms with E-state index in [0.717, 1.165) is 0 Å². The second-order valence-electron chi connectivity index (χ2n) is 10.8. The largest absolute Gasteiger partial charge is 0.492 e. The molecule has 14 N–H and O–H groups in total. The van der Waals surface area contributed by atoms with Gasteiger partial charge in [0, 0.05) is 31.1 Å². The van der Waals surface area contributed by atoms with Crippen molar-refractivity contribution in [1.82, 2.24) is 16.0 Å². The van der Waals surface area contributed by atoms with E-state index in [2.05, 4.69) is 16.0 Å². The van der Waals surface area contributed by atoms with E-state index < -0.39 is 78.4 Å². The van der Waals surface area contributed by atoms with Crippen LogP contribution in [0.4, 0.5) is 0 Å². The Morgan fingerprint density at radius 3 is 2.64 bits per heavy atom. The summed E-state index contributed by atoms with van der Waals surface area (Å²) < 4.78 is 17.9. The monoisotopic (exact) mass is 562 g/mol. The fraction of sp³-hybridized carbons (Fsp3) is 0.875. The number of ether oxygens (including phenoxy) is 3. The summed E-state index contributed by atoms with van der Waals surface area (Å²) in [5, 5.41) is 60.7. The zero-order chi connectivity index (χ0) is 28.9. The normalized spacial score (nSPS) is 41.8. The molecule has 0 aromatic rings. The van der Waals surface area contributed by atoms with E-state index >= 15 is 0 Å². The number of likely N-dealkylation sites (N-methyl/N-ethyl adjacent to an activating group) is 1. The highest BCUT2D eigenvalue weighted by molar-refractivity contribution is 5.81. The van der Waals surface area contributed by atoms with Gasteiger partial charge in [0.15, 0.2) is 6.29 Å². The highest BCUT2D eigenvalue weighted by Crippen LogP contribution is 2.36. The van der Waals surface area contributed by atoms with Crippen LogP contribution in [0.5, 0.6) is 0 Å². The van der Waals surface area contributed by atoms with Crippen LogP contribution >= 0.6 is 0 Å². The lowest BCUT2D eigenvalue weighted by Crippen LogP contribution is -2.69. The fourth-order valence-electron chi connectivity index (χ4n) is 5.64.